The predicted molar refractivity (Wildman–Crippen MR) is 122 cm³/mol. The van der Waals surface area contributed by atoms with E-state index in [-0.39, 0.29) is 12.1 Å². The van der Waals surface area contributed by atoms with E-state index < -0.39 is 0 Å². The van der Waals surface area contributed by atoms with E-state index in [2.05, 4.69) is 22.1 Å². The molecule has 1 amide bonds. The summed E-state index contributed by atoms with van der Waals surface area (Å²) < 4.78 is 1.90. The molecule has 7 heteroatoms. The Hall–Kier alpha value is -2.90. The second-order valence-electron chi connectivity index (χ2n) is 7.66. The van der Waals surface area contributed by atoms with Gasteiger partial charge in [-0.15, -0.1) is 22.7 Å². The Labute approximate surface area is 182 Å². The molecule has 1 atom stereocenters. The van der Waals surface area contributed by atoms with Gasteiger partial charge in [-0.25, -0.2) is 4.68 Å². The maximum absolute atomic E-state index is 13.1. The fourth-order valence-corrected chi connectivity index (χ4v) is 6.40. The van der Waals surface area contributed by atoms with Crippen LogP contribution in [0.3, 0.4) is 0 Å². The summed E-state index contributed by atoms with van der Waals surface area (Å²) in [6, 6.07) is 14.2. The van der Waals surface area contributed by atoms with E-state index in [0.29, 0.717) is 0 Å². The first-order valence-corrected chi connectivity index (χ1v) is 11.9. The Morgan fingerprint density at radius 1 is 1.03 bits per heavy atom. The van der Waals surface area contributed by atoms with Crippen LogP contribution in [0, 0.1) is 0 Å². The Morgan fingerprint density at radius 2 is 1.90 bits per heavy atom. The number of nitrogens with one attached hydrogen (secondary N) is 2. The minimum atomic E-state index is -0.306. The van der Waals surface area contributed by atoms with Gasteiger partial charge in [0.05, 0.1) is 16.1 Å². The lowest BCUT2D eigenvalue weighted by Gasteiger charge is -2.26. The van der Waals surface area contributed by atoms with Crippen LogP contribution in [0.4, 0.5) is 5.00 Å². The molecule has 0 fully saturated rings. The topological polar surface area (TPSA) is 59.0 Å². The highest BCUT2D eigenvalue weighted by Crippen LogP contribution is 2.42. The molecule has 6 rings (SSSR count). The van der Waals surface area contributed by atoms with Crippen LogP contribution in [0.1, 0.15) is 45.4 Å². The van der Waals surface area contributed by atoms with Crippen LogP contribution in [0.15, 0.2) is 54.0 Å². The molecule has 1 aliphatic carbocycles. The zero-order chi connectivity index (χ0) is 20.1. The van der Waals surface area contributed by atoms with Gasteiger partial charge in [0.1, 0.15) is 16.9 Å². The summed E-state index contributed by atoms with van der Waals surface area (Å²) in [6.07, 6.45) is 6.19. The maximum atomic E-state index is 13.1. The monoisotopic (exact) mass is 432 g/mol. The number of anilines is 1. The molecular weight excluding hydrogens is 412 g/mol. The van der Waals surface area contributed by atoms with Crippen molar-refractivity contribution < 1.29 is 4.79 Å². The van der Waals surface area contributed by atoms with Crippen molar-refractivity contribution >= 4 is 33.6 Å². The Balaban J connectivity index is 1.44. The molecule has 5 nitrogen and oxygen atoms in total. The summed E-state index contributed by atoms with van der Waals surface area (Å²) in [5.74, 6) is 0.0257. The third kappa shape index (κ3) is 2.88. The molecule has 3 aromatic heterocycles. The summed E-state index contributed by atoms with van der Waals surface area (Å²) in [7, 11) is 0. The van der Waals surface area contributed by atoms with Crippen molar-refractivity contribution in [2.75, 3.05) is 5.32 Å². The number of aryl methyl sites for hydroxylation is 1. The number of hydrogen-bond acceptors (Lipinski definition) is 5. The van der Waals surface area contributed by atoms with Crippen LogP contribution >= 0.6 is 22.7 Å². The summed E-state index contributed by atoms with van der Waals surface area (Å²) in [5.41, 5.74) is 4.99. The largest absolute Gasteiger partial charge is 0.352 e. The smallest absolute Gasteiger partial charge is 0.256 e. The summed E-state index contributed by atoms with van der Waals surface area (Å²) >= 11 is 3.41. The van der Waals surface area contributed by atoms with Crippen LogP contribution < -0.4 is 10.6 Å². The normalized spacial score (nSPS) is 17.7. The number of para-hydroxylation sites is 1. The lowest BCUT2D eigenvalue weighted by molar-refractivity contribution is 0.0935. The fourth-order valence-electron chi connectivity index (χ4n) is 4.35. The number of hydrogen-bond donors (Lipinski definition) is 2. The van der Waals surface area contributed by atoms with Crippen molar-refractivity contribution in [2.45, 2.75) is 31.8 Å². The van der Waals surface area contributed by atoms with E-state index in [4.69, 9.17) is 5.10 Å². The Kier molecular flexibility index (Phi) is 4.24. The summed E-state index contributed by atoms with van der Waals surface area (Å²) in [5, 5.41) is 14.7. The van der Waals surface area contributed by atoms with Gasteiger partial charge in [-0.1, -0.05) is 24.3 Å². The molecule has 1 aromatic carbocycles. The summed E-state index contributed by atoms with van der Waals surface area (Å²) in [4.78, 5) is 15.6. The molecule has 0 radical (unpaired) electrons. The number of nitrogens with zero attached hydrogens (tertiary/aromatic N) is 2. The zero-order valence-electron chi connectivity index (χ0n) is 16.2. The fraction of sp³-hybridized carbons (Fsp3) is 0.217. The average Bonchev–Trinajstić information content (AvgIpc) is 3.51. The molecule has 0 bridgehead atoms. The van der Waals surface area contributed by atoms with Crippen LogP contribution in [-0.4, -0.2) is 15.7 Å². The Bertz CT molecular complexity index is 1220. The predicted octanol–water partition coefficient (Wildman–Crippen LogP) is 5.40. The number of carbonyl (C=O) groups is 1. The van der Waals surface area contributed by atoms with E-state index in [9.17, 15) is 4.79 Å². The highest BCUT2D eigenvalue weighted by molar-refractivity contribution is 7.16. The van der Waals surface area contributed by atoms with Crippen LogP contribution in [-0.2, 0) is 12.8 Å². The zero-order valence-corrected chi connectivity index (χ0v) is 17.9. The number of rotatable bonds is 3. The third-order valence-corrected chi connectivity index (χ3v) is 7.88. The van der Waals surface area contributed by atoms with Crippen molar-refractivity contribution in [3.63, 3.8) is 0 Å². The van der Waals surface area contributed by atoms with Gasteiger partial charge < -0.3 is 10.6 Å². The highest BCUT2D eigenvalue weighted by Gasteiger charge is 2.34. The average molecular weight is 433 g/mol. The van der Waals surface area contributed by atoms with E-state index in [1.165, 1.54) is 23.3 Å². The third-order valence-electron chi connectivity index (χ3n) is 5.78. The van der Waals surface area contributed by atoms with Gasteiger partial charge in [0.25, 0.3) is 5.91 Å². The van der Waals surface area contributed by atoms with E-state index in [0.717, 1.165) is 45.2 Å². The van der Waals surface area contributed by atoms with Crippen molar-refractivity contribution in [3.05, 3.63) is 75.6 Å². The first-order chi connectivity index (χ1) is 14.8. The van der Waals surface area contributed by atoms with Gasteiger partial charge in [-0.3, -0.25) is 4.79 Å². The minimum absolute atomic E-state index is 0.0257. The first kappa shape index (κ1) is 17.9. The first-order valence-electron chi connectivity index (χ1n) is 10.2. The molecule has 150 valence electrons. The van der Waals surface area contributed by atoms with Crippen LogP contribution in [0.2, 0.25) is 0 Å². The quantitative estimate of drug-likeness (QED) is 0.456. The number of thiophene rings is 2. The lowest BCUT2D eigenvalue weighted by atomic mass is 9.94. The standard InChI is InChI=1S/C23H20N4OS2/c28-22-19-15-9-4-5-10-17(15)30-23(19)25-21(24-22)16-13-27(14-7-2-1-3-8-14)26-20(16)18-11-6-12-29-18/h1-3,6-8,11-13,21,25H,4-5,9-10H2,(H,24,28). The van der Waals surface area contributed by atoms with E-state index in [1.807, 2.05) is 47.3 Å². The molecule has 0 saturated carbocycles. The number of amides is 1. The maximum Gasteiger partial charge on any atom is 0.256 e. The van der Waals surface area contributed by atoms with Gasteiger partial charge in [0, 0.05) is 16.6 Å². The Morgan fingerprint density at radius 3 is 2.73 bits per heavy atom. The number of aromatic nitrogens is 2. The molecule has 2 aliphatic rings. The van der Waals surface area contributed by atoms with Gasteiger partial charge in [-0.05, 0) is 54.8 Å². The molecule has 30 heavy (non-hydrogen) atoms. The van der Waals surface area contributed by atoms with E-state index in [1.54, 1.807) is 22.7 Å². The van der Waals surface area contributed by atoms with Crippen molar-refractivity contribution in [3.8, 4) is 16.3 Å². The summed E-state index contributed by atoms with van der Waals surface area (Å²) in [6.45, 7) is 0. The van der Waals surface area contributed by atoms with Crippen molar-refractivity contribution in [1.29, 1.82) is 0 Å². The molecule has 1 unspecified atom stereocenters. The van der Waals surface area contributed by atoms with Crippen molar-refractivity contribution in [1.82, 2.24) is 15.1 Å². The number of benzene rings is 1. The molecule has 0 saturated heterocycles. The van der Waals surface area contributed by atoms with Crippen LogP contribution in [0.5, 0.6) is 0 Å². The number of fused-ring (bicyclic) bond motifs is 3. The van der Waals surface area contributed by atoms with Crippen LogP contribution in [0.25, 0.3) is 16.3 Å². The second kappa shape index (κ2) is 7.11. The highest BCUT2D eigenvalue weighted by atomic mass is 32.1. The molecular formula is C23H20N4OS2. The number of carbonyl (C=O) groups excluding carboxylic acids is 1. The minimum Gasteiger partial charge on any atom is -0.352 e. The van der Waals surface area contributed by atoms with Gasteiger partial charge in [0.2, 0.25) is 0 Å². The van der Waals surface area contributed by atoms with Crippen molar-refractivity contribution in [2.24, 2.45) is 0 Å². The van der Waals surface area contributed by atoms with Gasteiger partial charge in [0.15, 0.2) is 0 Å². The SMILES string of the molecule is O=C1NC(c2cn(-c3ccccc3)nc2-c2cccs2)Nc2sc3c(c21)CCCC3. The second-order valence-corrected chi connectivity index (χ2v) is 9.71. The molecule has 0 spiro atoms. The lowest BCUT2D eigenvalue weighted by Crippen LogP contribution is -2.38. The van der Waals surface area contributed by atoms with E-state index >= 15 is 0 Å². The molecule has 4 heterocycles. The molecule has 2 N–H and O–H groups in total. The van der Waals surface area contributed by atoms with Gasteiger partial charge >= 0.3 is 0 Å². The molecule has 4 aromatic rings. The molecule has 1 aliphatic heterocycles. The van der Waals surface area contributed by atoms with Gasteiger partial charge in [-0.2, -0.15) is 5.10 Å².